The highest BCUT2D eigenvalue weighted by Crippen LogP contribution is 2.49. The summed E-state index contributed by atoms with van der Waals surface area (Å²) in [7, 11) is 3.70. The Bertz CT molecular complexity index is 985. The Morgan fingerprint density at radius 1 is 0.974 bits per heavy atom. The molecule has 0 saturated heterocycles. The van der Waals surface area contributed by atoms with Gasteiger partial charge in [0, 0.05) is 7.11 Å². The molecule has 4 atom stereocenters. The predicted molar refractivity (Wildman–Crippen MR) is 162 cm³/mol. The minimum Gasteiger partial charge on any atom is -0.496 e. The zero-order valence-corrected chi connectivity index (χ0v) is 26.3. The van der Waals surface area contributed by atoms with E-state index in [0.29, 0.717) is 11.8 Å². The van der Waals surface area contributed by atoms with Gasteiger partial charge >= 0.3 is 0 Å². The monoisotopic (exact) mass is 524 g/mol. The lowest BCUT2D eigenvalue weighted by Gasteiger charge is -2.42. The Hall–Kier alpha value is -1.87. The van der Waals surface area contributed by atoms with Crippen molar-refractivity contribution in [1.29, 1.82) is 0 Å². The summed E-state index contributed by atoms with van der Waals surface area (Å²) in [5.41, 5.74) is 7.35. The number of hydrogen-bond donors (Lipinski definition) is 0. The molecule has 2 unspecified atom stereocenters. The van der Waals surface area contributed by atoms with Gasteiger partial charge in [-0.25, -0.2) is 0 Å². The number of allylic oxidation sites excluding steroid dienone is 1. The number of carbonyl (C=O) groups excluding carboxylic acids is 1. The van der Waals surface area contributed by atoms with Crippen LogP contribution < -0.4 is 4.74 Å². The largest absolute Gasteiger partial charge is 0.496 e. The molecule has 214 valence electrons. The third kappa shape index (κ3) is 6.46. The second-order valence-electron chi connectivity index (χ2n) is 13.1. The molecular weight excluding hydrogens is 468 g/mol. The molecule has 38 heavy (non-hydrogen) atoms. The van der Waals surface area contributed by atoms with Crippen LogP contribution in [0.15, 0.2) is 35.9 Å². The van der Waals surface area contributed by atoms with Crippen LogP contribution in [-0.4, -0.2) is 26.6 Å². The highest BCUT2D eigenvalue weighted by molar-refractivity contribution is 5.50. The van der Waals surface area contributed by atoms with Crippen molar-refractivity contribution < 1.29 is 14.3 Å². The van der Waals surface area contributed by atoms with E-state index in [0.717, 1.165) is 30.9 Å². The van der Waals surface area contributed by atoms with E-state index in [1.165, 1.54) is 54.4 Å². The third-order valence-electron chi connectivity index (χ3n) is 9.66. The maximum absolute atomic E-state index is 8.00. The van der Waals surface area contributed by atoms with E-state index in [-0.39, 0.29) is 16.4 Å². The molecule has 1 aromatic carbocycles. The SMILES string of the molecule is C=C(C[C@H]1CC[C@@H](Cc2cc3c(cc2OC)C(C)(C)CCC3(C)C)C1)C1(OC)C=C(C)CC1C.C=O.CC. The summed E-state index contributed by atoms with van der Waals surface area (Å²) in [5, 5.41) is 0. The highest BCUT2D eigenvalue weighted by atomic mass is 16.5. The van der Waals surface area contributed by atoms with E-state index in [4.69, 9.17) is 14.3 Å². The standard InChI is InChI=1S/C32H48O2.C2H6.CH2O/c1-21-14-22(2)32(20-21,34-9)23(3)15-24-10-11-25(16-24)17-26-18-27-28(19-29(26)33-8)31(6,7)13-12-30(27,4)5;2*1-2/h18-20,22,24-25H,3,10-17H2,1-2,4-9H3;1-2H3;1H2/t22?,24-,25-,32?;;/m1../s1. The van der Waals surface area contributed by atoms with Crippen LogP contribution in [0.2, 0.25) is 0 Å². The van der Waals surface area contributed by atoms with Crippen LogP contribution in [-0.2, 0) is 26.8 Å². The molecule has 0 N–H and O–H groups in total. The van der Waals surface area contributed by atoms with E-state index in [1.54, 1.807) is 5.56 Å². The number of hydrogen-bond acceptors (Lipinski definition) is 3. The predicted octanol–water partition coefficient (Wildman–Crippen LogP) is 9.16. The van der Waals surface area contributed by atoms with E-state index < -0.39 is 0 Å². The fourth-order valence-corrected chi connectivity index (χ4v) is 7.41. The van der Waals surface area contributed by atoms with Gasteiger partial charge in [0.25, 0.3) is 0 Å². The first kappa shape index (κ1) is 32.3. The van der Waals surface area contributed by atoms with Crippen LogP contribution in [0.5, 0.6) is 5.75 Å². The lowest BCUT2D eigenvalue weighted by atomic mass is 9.62. The molecule has 0 amide bonds. The van der Waals surface area contributed by atoms with Gasteiger partial charge in [0.1, 0.15) is 18.1 Å². The fraction of sp³-hybridized carbons (Fsp3) is 0.686. The maximum Gasteiger partial charge on any atom is 0.122 e. The van der Waals surface area contributed by atoms with E-state index in [2.05, 4.69) is 66.3 Å². The minimum atomic E-state index is -0.262. The molecule has 0 heterocycles. The molecule has 1 aromatic rings. The molecular formula is C35H56O3. The Labute approximate surface area is 234 Å². The van der Waals surface area contributed by atoms with Crippen LogP contribution in [0.1, 0.15) is 117 Å². The van der Waals surface area contributed by atoms with E-state index in [9.17, 15) is 0 Å². The van der Waals surface area contributed by atoms with Gasteiger partial charge in [-0.3, -0.25) is 0 Å². The maximum atomic E-state index is 8.00. The van der Waals surface area contributed by atoms with Gasteiger partial charge in [-0.2, -0.15) is 0 Å². The van der Waals surface area contributed by atoms with Crippen molar-refractivity contribution in [2.75, 3.05) is 14.2 Å². The van der Waals surface area contributed by atoms with Gasteiger partial charge in [-0.05, 0) is 121 Å². The van der Waals surface area contributed by atoms with E-state index in [1.807, 2.05) is 34.9 Å². The summed E-state index contributed by atoms with van der Waals surface area (Å²) < 4.78 is 12.1. The summed E-state index contributed by atoms with van der Waals surface area (Å²) >= 11 is 0. The number of ether oxygens (including phenoxy) is 2. The van der Waals surface area contributed by atoms with Crippen LogP contribution in [0.4, 0.5) is 0 Å². The van der Waals surface area contributed by atoms with Gasteiger partial charge < -0.3 is 14.3 Å². The molecule has 4 rings (SSSR count). The minimum absolute atomic E-state index is 0.219. The number of methoxy groups -OCH3 is 2. The molecule has 0 aliphatic heterocycles. The topological polar surface area (TPSA) is 35.5 Å². The van der Waals surface area contributed by atoms with Crippen molar-refractivity contribution in [3.63, 3.8) is 0 Å². The van der Waals surface area contributed by atoms with Gasteiger partial charge in [0.05, 0.1) is 7.11 Å². The van der Waals surface area contributed by atoms with Gasteiger partial charge in [0.15, 0.2) is 0 Å². The summed E-state index contributed by atoms with van der Waals surface area (Å²) in [6.45, 7) is 24.7. The van der Waals surface area contributed by atoms with Gasteiger partial charge in [-0.15, -0.1) is 0 Å². The molecule has 0 bridgehead atoms. The van der Waals surface area contributed by atoms with Crippen molar-refractivity contribution in [2.24, 2.45) is 17.8 Å². The summed E-state index contributed by atoms with van der Waals surface area (Å²) in [4.78, 5) is 8.00. The van der Waals surface area contributed by atoms with Gasteiger partial charge in [0.2, 0.25) is 0 Å². The van der Waals surface area contributed by atoms with Gasteiger partial charge in [-0.1, -0.05) is 66.7 Å². The number of fused-ring (bicyclic) bond motifs is 1. The van der Waals surface area contributed by atoms with Crippen molar-refractivity contribution >= 4 is 6.79 Å². The average molecular weight is 525 g/mol. The summed E-state index contributed by atoms with van der Waals surface area (Å²) in [5.74, 6) is 3.01. The molecule has 1 fully saturated rings. The Kier molecular flexibility index (Phi) is 11.1. The third-order valence-corrected chi connectivity index (χ3v) is 9.66. The molecule has 0 spiro atoms. The first-order valence-corrected chi connectivity index (χ1v) is 14.8. The lowest BCUT2D eigenvalue weighted by Crippen LogP contribution is -2.36. The molecule has 3 heteroatoms. The lowest BCUT2D eigenvalue weighted by molar-refractivity contribution is -0.0980. The second-order valence-corrected chi connectivity index (χ2v) is 13.1. The molecule has 0 radical (unpaired) electrons. The Morgan fingerprint density at radius 2 is 1.53 bits per heavy atom. The van der Waals surface area contributed by atoms with Crippen LogP contribution in [0.3, 0.4) is 0 Å². The normalized spacial score (nSPS) is 28.7. The quantitative estimate of drug-likeness (QED) is 0.334. The number of rotatable bonds is 7. The fourth-order valence-electron chi connectivity index (χ4n) is 7.41. The molecule has 1 saturated carbocycles. The Morgan fingerprint density at radius 3 is 2.03 bits per heavy atom. The summed E-state index contributed by atoms with van der Waals surface area (Å²) in [6.07, 6.45) is 12.0. The Balaban J connectivity index is 0.00000121. The number of carbonyl (C=O) groups is 1. The molecule has 3 aliphatic rings. The van der Waals surface area contributed by atoms with Crippen LogP contribution in [0.25, 0.3) is 0 Å². The molecule has 3 aliphatic carbocycles. The van der Waals surface area contributed by atoms with Crippen LogP contribution in [0, 0.1) is 17.8 Å². The van der Waals surface area contributed by atoms with Crippen molar-refractivity contribution in [3.05, 3.63) is 52.6 Å². The first-order valence-electron chi connectivity index (χ1n) is 14.8. The van der Waals surface area contributed by atoms with Crippen molar-refractivity contribution in [2.45, 2.75) is 123 Å². The zero-order chi connectivity index (χ0) is 28.9. The zero-order valence-electron chi connectivity index (χ0n) is 26.3. The second kappa shape index (κ2) is 13.0. The summed E-state index contributed by atoms with van der Waals surface area (Å²) in [6, 6.07) is 4.88. The molecule has 3 nitrogen and oxygen atoms in total. The van der Waals surface area contributed by atoms with E-state index >= 15 is 0 Å². The molecule has 0 aromatic heterocycles. The average Bonchev–Trinajstić information content (AvgIpc) is 3.46. The van der Waals surface area contributed by atoms with Crippen LogP contribution >= 0.6 is 0 Å². The first-order chi connectivity index (χ1) is 17.9. The van der Waals surface area contributed by atoms with Crippen molar-refractivity contribution in [3.8, 4) is 5.75 Å². The smallest absolute Gasteiger partial charge is 0.122 e. The van der Waals surface area contributed by atoms with Crippen molar-refractivity contribution in [1.82, 2.24) is 0 Å². The number of benzene rings is 1. The highest BCUT2D eigenvalue weighted by Gasteiger charge is 2.42.